The van der Waals surface area contributed by atoms with Crippen molar-refractivity contribution in [2.75, 3.05) is 13.2 Å². The van der Waals surface area contributed by atoms with Crippen molar-refractivity contribution < 1.29 is 14.6 Å². The van der Waals surface area contributed by atoms with Crippen LogP contribution in [0.1, 0.15) is 127 Å². The SMILES string of the molecule is CCCCCCCCCCCCCCCCOc1cc(C(=O)NCCCC)c(O)c2ccccc12. The van der Waals surface area contributed by atoms with Crippen LogP contribution in [0.2, 0.25) is 0 Å². The molecule has 2 aromatic rings. The molecule has 2 N–H and O–H groups in total. The van der Waals surface area contributed by atoms with E-state index in [1.807, 2.05) is 24.3 Å². The Morgan fingerprint density at radius 3 is 1.83 bits per heavy atom. The highest BCUT2D eigenvalue weighted by atomic mass is 16.5. The van der Waals surface area contributed by atoms with Crippen molar-refractivity contribution in [1.29, 1.82) is 0 Å². The molecule has 35 heavy (non-hydrogen) atoms. The van der Waals surface area contributed by atoms with E-state index in [0.29, 0.717) is 24.3 Å². The average Bonchev–Trinajstić information content (AvgIpc) is 2.87. The Hall–Kier alpha value is -2.23. The van der Waals surface area contributed by atoms with Gasteiger partial charge in [-0.15, -0.1) is 0 Å². The van der Waals surface area contributed by atoms with Crippen LogP contribution in [0.3, 0.4) is 0 Å². The number of carbonyl (C=O) groups excluding carboxylic acids is 1. The van der Waals surface area contributed by atoms with Crippen molar-refractivity contribution in [2.45, 2.75) is 117 Å². The molecule has 0 heterocycles. The van der Waals surface area contributed by atoms with Gasteiger partial charge in [-0.2, -0.15) is 0 Å². The molecule has 0 aliphatic carbocycles. The largest absolute Gasteiger partial charge is 0.506 e. The Kier molecular flexibility index (Phi) is 15.0. The third-order valence-electron chi connectivity index (χ3n) is 6.79. The number of nitrogens with one attached hydrogen (secondary N) is 1. The lowest BCUT2D eigenvalue weighted by Crippen LogP contribution is -2.24. The molecule has 0 unspecified atom stereocenters. The van der Waals surface area contributed by atoms with E-state index in [4.69, 9.17) is 4.74 Å². The molecule has 0 saturated heterocycles. The van der Waals surface area contributed by atoms with Gasteiger partial charge in [-0.3, -0.25) is 4.79 Å². The lowest BCUT2D eigenvalue weighted by molar-refractivity contribution is 0.0950. The standard InChI is InChI=1S/C31H49NO3/c1-3-5-7-8-9-10-11-12-13-14-15-16-17-20-24-35-29-25-28(31(34)32-23-6-4-2)30(33)27-22-19-18-21-26(27)29/h18-19,21-22,25,33H,3-17,20,23-24H2,1-2H3,(H,32,34). The van der Waals surface area contributed by atoms with Gasteiger partial charge in [0.1, 0.15) is 11.5 Å². The molecule has 0 saturated carbocycles. The number of aromatic hydroxyl groups is 1. The fourth-order valence-electron chi connectivity index (χ4n) is 4.57. The van der Waals surface area contributed by atoms with Crippen molar-refractivity contribution in [1.82, 2.24) is 5.32 Å². The van der Waals surface area contributed by atoms with Crippen molar-refractivity contribution in [3.63, 3.8) is 0 Å². The second-order valence-electron chi connectivity index (χ2n) is 9.87. The molecule has 4 nitrogen and oxygen atoms in total. The lowest BCUT2D eigenvalue weighted by Gasteiger charge is -2.14. The minimum Gasteiger partial charge on any atom is -0.506 e. The molecule has 0 aliphatic rings. The first-order chi connectivity index (χ1) is 17.2. The molecule has 0 fully saturated rings. The quantitative estimate of drug-likeness (QED) is 0.185. The summed E-state index contributed by atoms with van der Waals surface area (Å²) in [7, 11) is 0. The maximum atomic E-state index is 12.6. The van der Waals surface area contributed by atoms with Crippen LogP contribution < -0.4 is 10.1 Å². The number of fused-ring (bicyclic) bond motifs is 1. The molecule has 0 aliphatic heterocycles. The van der Waals surface area contributed by atoms with Crippen LogP contribution in [0.4, 0.5) is 0 Å². The molecule has 2 aromatic carbocycles. The van der Waals surface area contributed by atoms with E-state index in [0.717, 1.165) is 31.1 Å². The van der Waals surface area contributed by atoms with Gasteiger partial charge in [-0.05, 0) is 18.9 Å². The van der Waals surface area contributed by atoms with Gasteiger partial charge in [0, 0.05) is 17.3 Å². The van der Waals surface area contributed by atoms with E-state index < -0.39 is 0 Å². The number of hydrogen-bond donors (Lipinski definition) is 2. The van der Waals surface area contributed by atoms with Gasteiger partial charge in [-0.1, -0.05) is 128 Å². The van der Waals surface area contributed by atoms with Crippen molar-refractivity contribution >= 4 is 16.7 Å². The molecule has 4 heteroatoms. The lowest BCUT2D eigenvalue weighted by atomic mass is 10.0. The van der Waals surface area contributed by atoms with Crippen LogP contribution in [-0.2, 0) is 0 Å². The van der Waals surface area contributed by atoms with Crippen LogP contribution >= 0.6 is 0 Å². The van der Waals surface area contributed by atoms with Crippen LogP contribution in [0.15, 0.2) is 30.3 Å². The maximum absolute atomic E-state index is 12.6. The summed E-state index contributed by atoms with van der Waals surface area (Å²) in [5.41, 5.74) is 0.288. The summed E-state index contributed by atoms with van der Waals surface area (Å²) in [6.07, 6.45) is 20.6. The molecule has 0 atom stereocenters. The molecule has 0 aromatic heterocycles. The number of rotatable bonds is 20. The van der Waals surface area contributed by atoms with Crippen LogP contribution in [0, 0.1) is 0 Å². The highest BCUT2D eigenvalue weighted by Crippen LogP contribution is 2.36. The number of benzene rings is 2. The van der Waals surface area contributed by atoms with Crippen molar-refractivity contribution in [3.05, 3.63) is 35.9 Å². The Bertz CT molecular complexity index is 848. The minimum atomic E-state index is -0.247. The maximum Gasteiger partial charge on any atom is 0.255 e. The molecule has 2 rings (SSSR count). The van der Waals surface area contributed by atoms with Crippen molar-refractivity contribution in [2.24, 2.45) is 0 Å². The summed E-state index contributed by atoms with van der Waals surface area (Å²) >= 11 is 0. The van der Waals surface area contributed by atoms with Gasteiger partial charge >= 0.3 is 0 Å². The molecular weight excluding hydrogens is 434 g/mol. The van der Waals surface area contributed by atoms with Gasteiger partial charge in [0.05, 0.1) is 12.2 Å². The first-order valence-corrected chi connectivity index (χ1v) is 14.3. The molecule has 0 spiro atoms. The van der Waals surface area contributed by atoms with Gasteiger partial charge < -0.3 is 15.2 Å². The third-order valence-corrected chi connectivity index (χ3v) is 6.79. The second kappa shape index (κ2) is 18.1. The van der Waals surface area contributed by atoms with Crippen LogP contribution in [-0.4, -0.2) is 24.2 Å². The topological polar surface area (TPSA) is 58.6 Å². The van der Waals surface area contributed by atoms with E-state index in [1.54, 1.807) is 6.07 Å². The fourth-order valence-corrected chi connectivity index (χ4v) is 4.57. The van der Waals surface area contributed by atoms with E-state index in [2.05, 4.69) is 19.2 Å². The number of unbranched alkanes of at least 4 members (excludes halogenated alkanes) is 14. The first kappa shape index (κ1) is 29.0. The van der Waals surface area contributed by atoms with E-state index in [-0.39, 0.29) is 17.2 Å². The summed E-state index contributed by atoms with van der Waals surface area (Å²) < 4.78 is 6.11. The Labute approximate surface area is 213 Å². The second-order valence-corrected chi connectivity index (χ2v) is 9.87. The highest BCUT2D eigenvalue weighted by Gasteiger charge is 2.17. The minimum absolute atomic E-state index is 0.0263. The smallest absolute Gasteiger partial charge is 0.255 e. The predicted octanol–water partition coefficient (Wildman–Crippen LogP) is 8.94. The van der Waals surface area contributed by atoms with Gasteiger partial charge in [0.15, 0.2) is 0 Å². The highest BCUT2D eigenvalue weighted by molar-refractivity contribution is 6.05. The molecule has 0 bridgehead atoms. The average molecular weight is 484 g/mol. The third kappa shape index (κ3) is 10.9. The number of amides is 1. The Morgan fingerprint density at radius 2 is 1.26 bits per heavy atom. The van der Waals surface area contributed by atoms with Gasteiger partial charge in [0.25, 0.3) is 5.91 Å². The van der Waals surface area contributed by atoms with E-state index in [9.17, 15) is 9.90 Å². The molecule has 196 valence electrons. The molecular formula is C31H49NO3. The number of ether oxygens (including phenoxy) is 1. The normalized spacial score (nSPS) is 11.1. The van der Waals surface area contributed by atoms with Gasteiger partial charge in [-0.25, -0.2) is 0 Å². The zero-order chi connectivity index (χ0) is 25.1. The molecule has 0 radical (unpaired) electrons. The zero-order valence-electron chi connectivity index (χ0n) is 22.4. The zero-order valence-corrected chi connectivity index (χ0v) is 22.4. The van der Waals surface area contributed by atoms with Crippen LogP contribution in [0.25, 0.3) is 10.8 Å². The number of phenols is 1. The van der Waals surface area contributed by atoms with Crippen LogP contribution in [0.5, 0.6) is 11.5 Å². The fraction of sp³-hybridized carbons (Fsp3) is 0.645. The summed E-state index contributed by atoms with van der Waals surface area (Å²) in [5, 5.41) is 15.1. The number of phenolic OH excluding ortho intramolecular Hbond substituents is 1. The van der Waals surface area contributed by atoms with Crippen molar-refractivity contribution in [3.8, 4) is 11.5 Å². The predicted molar refractivity (Wildman–Crippen MR) is 149 cm³/mol. The summed E-state index contributed by atoms with van der Waals surface area (Å²) in [4.78, 5) is 12.6. The Balaban J connectivity index is 1.67. The Morgan fingerprint density at radius 1 is 0.743 bits per heavy atom. The summed E-state index contributed by atoms with van der Waals surface area (Å²) in [5.74, 6) is 0.454. The van der Waals surface area contributed by atoms with E-state index in [1.165, 1.54) is 77.0 Å². The summed E-state index contributed by atoms with van der Waals surface area (Å²) in [6.45, 7) is 5.60. The van der Waals surface area contributed by atoms with Gasteiger partial charge in [0.2, 0.25) is 0 Å². The van der Waals surface area contributed by atoms with E-state index >= 15 is 0 Å². The molecule has 1 amide bonds. The number of hydrogen-bond acceptors (Lipinski definition) is 3. The number of carbonyl (C=O) groups is 1. The monoisotopic (exact) mass is 483 g/mol. The summed E-state index contributed by atoms with van der Waals surface area (Å²) in [6, 6.07) is 9.28. The first-order valence-electron chi connectivity index (χ1n) is 14.3.